The highest BCUT2D eigenvalue weighted by Gasteiger charge is 1.87. The van der Waals surface area contributed by atoms with Gasteiger partial charge >= 0.3 is 0 Å². The maximum Gasteiger partial charge on any atom is 0.129 e. The maximum atomic E-state index is 5.63. The third-order valence-electron chi connectivity index (χ3n) is 1.38. The lowest BCUT2D eigenvalue weighted by Crippen LogP contribution is -2.03. The normalized spacial score (nSPS) is 10.8. The first-order valence-electron chi connectivity index (χ1n) is 3.75. The Morgan fingerprint density at radius 1 is 1.58 bits per heavy atom. The van der Waals surface area contributed by atoms with Crippen LogP contribution in [0, 0.1) is 0 Å². The second kappa shape index (κ2) is 4.91. The zero-order valence-corrected chi connectivity index (χ0v) is 7.67. The second-order valence-electron chi connectivity index (χ2n) is 2.37. The van der Waals surface area contributed by atoms with Crippen molar-refractivity contribution in [2.24, 2.45) is 0 Å². The molecule has 2 nitrogen and oxygen atoms in total. The van der Waals surface area contributed by atoms with Crippen LogP contribution in [-0.2, 0) is 0 Å². The van der Waals surface area contributed by atoms with Crippen LogP contribution >= 0.6 is 11.6 Å². The number of hydrogen-bond acceptors (Lipinski definition) is 2. The van der Waals surface area contributed by atoms with Crippen LogP contribution in [0.25, 0.3) is 6.08 Å². The molecular weight excluding hydrogens is 172 g/mol. The van der Waals surface area contributed by atoms with Crippen LogP contribution < -0.4 is 5.32 Å². The monoisotopic (exact) mass is 182 g/mol. The van der Waals surface area contributed by atoms with Gasteiger partial charge in [0.1, 0.15) is 5.15 Å². The standard InChI is InChI=1S/C9H11ClN2/c1-11-6-2-3-8-4-5-9(10)12-7-8/h2-5,7,11H,6H2,1H3. The van der Waals surface area contributed by atoms with Crippen LogP contribution in [0.15, 0.2) is 24.4 Å². The van der Waals surface area contributed by atoms with Crippen molar-refractivity contribution < 1.29 is 0 Å². The molecule has 0 aromatic carbocycles. The number of aromatic nitrogens is 1. The third kappa shape index (κ3) is 3.03. The zero-order valence-electron chi connectivity index (χ0n) is 6.92. The van der Waals surface area contributed by atoms with Crippen molar-refractivity contribution in [3.63, 3.8) is 0 Å². The first-order valence-corrected chi connectivity index (χ1v) is 4.13. The second-order valence-corrected chi connectivity index (χ2v) is 2.76. The molecular formula is C9H11ClN2. The van der Waals surface area contributed by atoms with Gasteiger partial charge < -0.3 is 5.32 Å². The first-order chi connectivity index (χ1) is 5.83. The Hall–Kier alpha value is -0.860. The number of nitrogens with zero attached hydrogens (tertiary/aromatic N) is 1. The molecule has 0 saturated carbocycles. The summed E-state index contributed by atoms with van der Waals surface area (Å²) in [7, 11) is 1.91. The predicted octanol–water partition coefficient (Wildman–Crippen LogP) is 1.97. The summed E-state index contributed by atoms with van der Waals surface area (Å²) < 4.78 is 0. The zero-order chi connectivity index (χ0) is 8.81. The summed E-state index contributed by atoms with van der Waals surface area (Å²) in [4.78, 5) is 3.95. The Labute approximate surface area is 77.3 Å². The summed E-state index contributed by atoms with van der Waals surface area (Å²) in [5, 5.41) is 3.54. The van der Waals surface area contributed by atoms with Gasteiger partial charge in [-0.2, -0.15) is 0 Å². The fraction of sp³-hybridized carbons (Fsp3) is 0.222. The van der Waals surface area contributed by atoms with E-state index in [0.717, 1.165) is 12.1 Å². The third-order valence-corrected chi connectivity index (χ3v) is 1.61. The van der Waals surface area contributed by atoms with Crippen LogP contribution in [0.1, 0.15) is 5.56 Å². The summed E-state index contributed by atoms with van der Waals surface area (Å²) >= 11 is 5.63. The van der Waals surface area contributed by atoms with E-state index in [1.807, 2.05) is 25.3 Å². The molecule has 1 rings (SSSR count). The molecule has 0 aliphatic heterocycles. The van der Waals surface area contributed by atoms with E-state index in [9.17, 15) is 0 Å². The van der Waals surface area contributed by atoms with Crippen LogP contribution in [0.4, 0.5) is 0 Å². The van der Waals surface area contributed by atoms with Crippen molar-refractivity contribution in [2.45, 2.75) is 0 Å². The predicted molar refractivity (Wildman–Crippen MR) is 52.2 cm³/mol. The van der Waals surface area contributed by atoms with Gasteiger partial charge in [0.05, 0.1) is 0 Å². The smallest absolute Gasteiger partial charge is 0.129 e. The van der Waals surface area contributed by atoms with Gasteiger partial charge in [-0.25, -0.2) is 4.98 Å². The molecule has 0 radical (unpaired) electrons. The minimum atomic E-state index is 0.528. The average molecular weight is 183 g/mol. The minimum Gasteiger partial charge on any atom is -0.316 e. The van der Waals surface area contributed by atoms with Gasteiger partial charge in [-0.3, -0.25) is 0 Å². The molecule has 1 aromatic heterocycles. The molecule has 3 heteroatoms. The number of likely N-dealkylation sites (N-methyl/N-ethyl adjacent to an activating group) is 1. The molecule has 0 fully saturated rings. The van der Waals surface area contributed by atoms with Crippen molar-refractivity contribution in [1.29, 1.82) is 0 Å². The van der Waals surface area contributed by atoms with Gasteiger partial charge in [-0.15, -0.1) is 0 Å². The van der Waals surface area contributed by atoms with Gasteiger partial charge in [-0.05, 0) is 18.7 Å². The van der Waals surface area contributed by atoms with E-state index < -0.39 is 0 Å². The van der Waals surface area contributed by atoms with Crippen molar-refractivity contribution in [1.82, 2.24) is 10.3 Å². The molecule has 0 aliphatic rings. The van der Waals surface area contributed by atoms with E-state index in [1.54, 1.807) is 12.3 Å². The highest BCUT2D eigenvalue weighted by atomic mass is 35.5. The first kappa shape index (κ1) is 9.23. The number of pyridine rings is 1. The average Bonchev–Trinajstić information content (AvgIpc) is 2.09. The van der Waals surface area contributed by atoms with Crippen molar-refractivity contribution in [3.8, 4) is 0 Å². The molecule has 1 aromatic rings. The van der Waals surface area contributed by atoms with Gasteiger partial charge in [0.2, 0.25) is 0 Å². The van der Waals surface area contributed by atoms with Gasteiger partial charge in [0, 0.05) is 12.7 Å². The van der Waals surface area contributed by atoms with Crippen molar-refractivity contribution >= 4 is 17.7 Å². The van der Waals surface area contributed by atoms with Crippen LogP contribution in [0.2, 0.25) is 5.15 Å². The molecule has 0 saturated heterocycles. The molecule has 0 aliphatic carbocycles. The largest absolute Gasteiger partial charge is 0.316 e. The van der Waals surface area contributed by atoms with Crippen LogP contribution in [0.5, 0.6) is 0 Å². The van der Waals surface area contributed by atoms with Crippen molar-refractivity contribution in [2.75, 3.05) is 13.6 Å². The van der Waals surface area contributed by atoms with Crippen molar-refractivity contribution in [3.05, 3.63) is 35.1 Å². The molecule has 0 unspecified atom stereocenters. The lowest BCUT2D eigenvalue weighted by molar-refractivity contribution is 0.922. The molecule has 0 atom stereocenters. The Bertz CT molecular complexity index is 254. The molecule has 1 heterocycles. The molecule has 64 valence electrons. The topological polar surface area (TPSA) is 24.9 Å². The Kier molecular flexibility index (Phi) is 3.77. The number of hydrogen-bond donors (Lipinski definition) is 1. The Morgan fingerprint density at radius 2 is 2.42 bits per heavy atom. The van der Waals surface area contributed by atoms with E-state index >= 15 is 0 Å². The molecule has 0 spiro atoms. The molecule has 0 amide bonds. The SMILES string of the molecule is CNCC=Cc1ccc(Cl)nc1. The van der Waals surface area contributed by atoms with Crippen LogP contribution in [-0.4, -0.2) is 18.6 Å². The summed E-state index contributed by atoms with van der Waals surface area (Å²) in [5.41, 5.74) is 1.06. The maximum absolute atomic E-state index is 5.63. The van der Waals surface area contributed by atoms with Gasteiger partial charge in [-0.1, -0.05) is 29.8 Å². The lowest BCUT2D eigenvalue weighted by Gasteiger charge is -1.92. The summed E-state index contributed by atoms with van der Waals surface area (Å²) in [5.74, 6) is 0. The lowest BCUT2D eigenvalue weighted by atomic mass is 10.2. The fourth-order valence-corrected chi connectivity index (χ4v) is 0.910. The molecule has 0 bridgehead atoms. The number of nitrogens with one attached hydrogen (secondary N) is 1. The highest BCUT2D eigenvalue weighted by Crippen LogP contribution is 2.05. The van der Waals surface area contributed by atoms with Crippen LogP contribution in [0.3, 0.4) is 0 Å². The van der Waals surface area contributed by atoms with Gasteiger partial charge in [0.15, 0.2) is 0 Å². The number of halogens is 1. The van der Waals surface area contributed by atoms with E-state index in [1.165, 1.54) is 0 Å². The quantitative estimate of drug-likeness (QED) is 0.724. The number of rotatable bonds is 3. The van der Waals surface area contributed by atoms with E-state index in [2.05, 4.69) is 10.3 Å². The minimum absolute atomic E-state index is 0.528. The highest BCUT2D eigenvalue weighted by molar-refractivity contribution is 6.29. The van der Waals surface area contributed by atoms with Gasteiger partial charge in [0.25, 0.3) is 0 Å². The van der Waals surface area contributed by atoms with E-state index in [0.29, 0.717) is 5.15 Å². The summed E-state index contributed by atoms with van der Waals surface area (Å²) in [6.07, 6.45) is 5.78. The molecule has 12 heavy (non-hydrogen) atoms. The Morgan fingerprint density at radius 3 is 3.00 bits per heavy atom. The summed E-state index contributed by atoms with van der Waals surface area (Å²) in [6.45, 7) is 0.864. The summed E-state index contributed by atoms with van der Waals surface area (Å²) in [6, 6.07) is 3.71. The van der Waals surface area contributed by atoms with E-state index in [-0.39, 0.29) is 0 Å². The Balaban J connectivity index is 2.58. The fourth-order valence-electron chi connectivity index (χ4n) is 0.799. The van der Waals surface area contributed by atoms with E-state index in [4.69, 9.17) is 11.6 Å². The molecule has 1 N–H and O–H groups in total.